The Morgan fingerprint density at radius 2 is 1.87 bits per heavy atom. The first-order valence-corrected chi connectivity index (χ1v) is 11.2. The Kier molecular flexibility index (Phi) is 9.22. The Bertz CT molecular complexity index is 935. The van der Waals surface area contributed by atoms with Gasteiger partial charge < -0.3 is 19.5 Å². The van der Waals surface area contributed by atoms with Gasteiger partial charge in [-0.15, -0.1) is 0 Å². The topological polar surface area (TPSA) is 103 Å². The van der Waals surface area contributed by atoms with E-state index in [1.54, 1.807) is 12.1 Å². The molecular weight excluding hydrogens is 432 g/mol. The molecule has 0 heterocycles. The molecule has 0 saturated heterocycles. The van der Waals surface area contributed by atoms with Crippen LogP contribution in [0, 0.1) is 0 Å². The number of hydrogen-bond donors (Lipinski definition) is 2. The average Bonchev–Trinajstić information content (AvgIpc) is 2.72. The van der Waals surface area contributed by atoms with Crippen molar-refractivity contribution in [1.29, 1.82) is 0 Å². The Balaban J connectivity index is 1.88. The van der Waals surface area contributed by atoms with E-state index in [4.69, 9.17) is 25.8 Å². The second-order valence-electron chi connectivity index (χ2n) is 6.12. The predicted octanol–water partition coefficient (Wildman–Crippen LogP) is 3.07. The van der Waals surface area contributed by atoms with Crippen molar-refractivity contribution < 1.29 is 27.4 Å². The van der Waals surface area contributed by atoms with Gasteiger partial charge in [0.1, 0.15) is 11.5 Å². The highest BCUT2D eigenvalue weighted by molar-refractivity contribution is 7.92. The van der Waals surface area contributed by atoms with Crippen molar-refractivity contribution in [2.45, 2.75) is 18.2 Å². The molecule has 2 aromatic carbocycles. The summed E-state index contributed by atoms with van der Waals surface area (Å²) in [6, 6.07) is 10.3. The molecule has 10 heteroatoms. The Labute approximate surface area is 181 Å². The molecule has 0 atom stereocenters. The summed E-state index contributed by atoms with van der Waals surface area (Å²) in [5.41, 5.74) is 0.308. The lowest BCUT2D eigenvalue weighted by Crippen LogP contribution is -2.30. The van der Waals surface area contributed by atoms with Gasteiger partial charge in [0, 0.05) is 19.8 Å². The Hall–Kier alpha value is -2.49. The number of amides is 1. The first-order valence-electron chi connectivity index (χ1n) is 9.29. The Morgan fingerprint density at radius 1 is 1.13 bits per heavy atom. The molecule has 8 nitrogen and oxygen atoms in total. The lowest BCUT2D eigenvalue weighted by atomic mass is 10.3. The lowest BCUT2D eigenvalue weighted by Gasteiger charge is -2.11. The van der Waals surface area contributed by atoms with Gasteiger partial charge in [-0.05, 0) is 55.8 Å². The maximum atomic E-state index is 12.5. The zero-order chi connectivity index (χ0) is 22.0. The molecule has 0 unspecified atom stereocenters. The summed E-state index contributed by atoms with van der Waals surface area (Å²) in [6.07, 6.45) is 0.721. The number of benzene rings is 2. The normalized spacial score (nSPS) is 11.0. The minimum absolute atomic E-state index is 0.0437. The number of methoxy groups -OCH3 is 1. The van der Waals surface area contributed by atoms with E-state index in [9.17, 15) is 13.2 Å². The molecular formula is C20H25ClN2O6S. The van der Waals surface area contributed by atoms with Gasteiger partial charge in [-0.1, -0.05) is 11.6 Å². The van der Waals surface area contributed by atoms with Crippen LogP contribution in [-0.4, -0.2) is 47.8 Å². The summed E-state index contributed by atoms with van der Waals surface area (Å²) in [5.74, 6) is 0.562. The van der Waals surface area contributed by atoms with E-state index >= 15 is 0 Å². The average molecular weight is 457 g/mol. The van der Waals surface area contributed by atoms with Crippen molar-refractivity contribution in [1.82, 2.24) is 5.32 Å². The van der Waals surface area contributed by atoms with Crippen LogP contribution in [-0.2, 0) is 19.6 Å². The van der Waals surface area contributed by atoms with Crippen LogP contribution in [0.5, 0.6) is 11.5 Å². The summed E-state index contributed by atoms with van der Waals surface area (Å²) in [4.78, 5) is 11.8. The van der Waals surface area contributed by atoms with Crippen LogP contribution in [0.1, 0.15) is 13.3 Å². The van der Waals surface area contributed by atoms with Crippen LogP contribution in [0.3, 0.4) is 0 Å². The monoisotopic (exact) mass is 456 g/mol. The zero-order valence-electron chi connectivity index (χ0n) is 16.8. The molecule has 0 aliphatic rings. The van der Waals surface area contributed by atoms with Gasteiger partial charge in [-0.2, -0.15) is 0 Å². The van der Waals surface area contributed by atoms with E-state index in [1.165, 1.54) is 37.4 Å². The van der Waals surface area contributed by atoms with Gasteiger partial charge in [0.15, 0.2) is 6.61 Å². The highest BCUT2D eigenvalue weighted by Gasteiger charge is 2.15. The molecule has 164 valence electrons. The molecule has 2 rings (SSSR count). The number of sulfonamides is 1. The fourth-order valence-corrected chi connectivity index (χ4v) is 3.71. The number of halogens is 1. The lowest BCUT2D eigenvalue weighted by molar-refractivity contribution is -0.123. The van der Waals surface area contributed by atoms with Crippen LogP contribution >= 0.6 is 11.6 Å². The van der Waals surface area contributed by atoms with Crippen molar-refractivity contribution in [3.05, 3.63) is 47.5 Å². The molecule has 0 aromatic heterocycles. The molecule has 1 amide bonds. The number of nitrogens with one attached hydrogen (secondary N) is 2. The fourth-order valence-electron chi connectivity index (χ4n) is 2.41. The standard InChI is InChI=1S/C20H25ClN2O6S/c1-3-28-12-4-11-22-20(24)14-29-16-6-8-17(9-7-16)30(25,26)23-15-5-10-19(27-2)18(21)13-15/h5-10,13,23H,3-4,11-12,14H2,1-2H3,(H,22,24). The number of carbonyl (C=O) groups excluding carboxylic acids is 1. The smallest absolute Gasteiger partial charge is 0.261 e. The second-order valence-corrected chi connectivity index (χ2v) is 8.20. The fraction of sp³-hybridized carbons (Fsp3) is 0.350. The van der Waals surface area contributed by atoms with Crippen molar-refractivity contribution in [2.75, 3.05) is 38.2 Å². The first kappa shape index (κ1) is 23.8. The third-order valence-corrected chi connectivity index (χ3v) is 5.59. The highest BCUT2D eigenvalue weighted by atomic mass is 35.5. The molecule has 0 aliphatic carbocycles. The van der Waals surface area contributed by atoms with Crippen LogP contribution in [0.15, 0.2) is 47.4 Å². The molecule has 2 aromatic rings. The van der Waals surface area contributed by atoms with Gasteiger partial charge in [-0.25, -0.2) is 8.42 Å². The van der Waals surface area contributed by atoms with E-state index < -0.39 is 10.0 Å². The summed E-state index contributed by atoms with van der Waals surface area (Å²) in [6.45, 7) is 3.48. The van der Waals surface area contributed by atoms with E-state index in [0.29, 0.717) is 36.9 Å². The van der Waals surface area contributed by atoms with Crippen molar-refractivity contribution in [3.8, 4) is 11.5 Å². The molecule has 0 radical (unpaired) electrons. The van der Waals surface area contributed by atoms with Crippen molar-refractivity contribution in [3.63, 3.8) is 0 Å². The third kappa shape index (κ3) is 7.40. The van der Waals surface area contributed by atoms with E-state index in [2.05, 4.69) is 10.0 Å². The summed E-state index contributed by atoms with van der Waals surface area (Å²) in [7, 11) is -2.34. The summed E-state index contributed by atoms with van der Waals surface area (Å²) >= 11 is 6.02. The minimum atomic E-state index is -3.81. The number of hydrogen-bond acceptors (Lipinski definition) is 6. The number of anilines is 1. The van der Waals surface area contributed by atoms with Gasteiger partial charge >= 0.3 is 0 Å². The van der Waals surface area contributed by atoms with Gasteiger partial charge in [0.2, 0.25) is 0 Å². The molecule has 30 heavy (non-hydrogen) atoms. The van der Waals surface area contributed by atoms with Crippen molar-refractivity contribution >= 4 is 33.2 Å². The van der Waals surface area contributed by atoms with Gasteiger partial charge in [0.25, 0.3) is 15.9 Å². The summed E-state index contributed by atoms with van der Waals surface area (Å²) < 4.78 is 43.1. The number of carbonyl (C=O) groups is 1. The minimum Gasteiger partial charge on any atom is -0.495 e. The van der Waals surface area contributed by atoms with Gasteiger partial charge in [0.05, 0.1) is 22.7 Å². The molecule has 0 fully saturated rings. The van der Waals surface area contributed by atoms with Crippen LogP contribution in [0.2, 0.25) is 5.02 Å². The van der Waals surface area contributed by atoms with Crippen LogP contribution in [0.4, 0.5) is 5.69 Å². The van der Waals surface area contributed by atoms with E-state index in [-0.39, 0.29) is 22.4 Å². The SMILES string of the molecule is CCOCCCNC(=O)COc1ccc(S(=O)(=O)Nc2ccc(OC)c(Cl)c2)cc1. The van der Waals surface area contributed by atoms with Crippen molar-refractivity contribution in [2.24, 2.45) is 0 Å². The number of rotatable bonds is 12. The Morgan fingerprint density at radius 3 is 2.50 bits per heavy atom. The maximum Gasteiger partial charge on any atom is 0.261 e. The largest absolute Gasteiger partial charge is 0.495 e. The molecule has 2 N–H and O–H groups in total. The third-order valence-electron chi connectivity index (χ3n) is 3.90. The molecule has 0 saturated carbocycles. The second kappa shape index (κ2) is 11.6. The van der Waals surface area contributed by atoms with Crippen LogP contribution < -0.4 is 19.5 Å². The molecule has 0 spiro atoms. The van der Waals surface area contributed by atoms with E-state index in [0.717, 1.165) is 6.42 Å². The van der Waals surface area contributed by atoms with Crippen LogP contribution in [0.25, 0.3) is 0 Å². The van der Waals surface area contributed by atoms with E-state index in [1.807, 2.05) is 6.92 Å². The highest BCUT2D eigenvalue weighted by Crippen LogP contribution is 2.28. The first-order chi connectivity index (χ1) is 14.4. The predicted molar refractivity (Wildman–Crippen MR) is 115 cm³/mol. The number of ether oxygens (including phenoxy) is 3. The van der Waals surface area contributed by atoms with Gasteiger partial charge in [-0.3, -0.25) is 9.52 Å². The summed E-state index contributed by atoms with van der Waals surface area (Å²) in [5, 5.41) is 3.01. The molecule has 0 aliphatic heterocycles. The zero-order valence-corrected chi connectivity index (χ0v) is 18.4. The molecule has 0 bridgehead atoms. The quantitative estimate of drug-likeness (QED) is 0.476. The maximum absolute atomic E-state index is 12.5.